The first-order valence-electron chi connectivity index (χ1n) is 16.6. The fourth-order valence-corrected chi connectivity index (χ4v) is 5.24. The van der Waals surface area contributed by atoms with E-state index >= 15 is 0 Å². The lowest BCUT2D eigenvalue weighted by atomic mass is 9.98. The van der Waals surface area contributed by atoms with E-state index in [9.17, 15) is 38.7 Å². The van der Waals surface area contributed by atoms with Gasteiger partial charge in [0.1, 0.15) is 12.2 Å². The Morgan fingerprint density at radius 1 is 1.08 bits per heavy atom. The second-order valence-electron chi connectivity index (χ2n) is 11.9. The molecule has 0 aliphatic carbocycles. The van der Waals surface area contributed by atoms with Crippen molar-refractivity contribution in [3.8, 4) is 0 Å². The van der Waals surface area contributed by atoms with E-state index in [0.29, 0.717) is 16.9 Å². The second-order valence-corrected chi connectivity index (χ2v) is 12.4. The van der Waals surface area contributed by atoms with Crippen molar-refractivity contribution in [3.05, 3.63) is 48.1 Å². The van der Waals surface area contributed by atoms with Crippen LogP contribution in [0, 0.1) is 0 Å². The van der Waals surface area contributed by atoms with Gasteiger partial charge in [0.15, 0.2) is 12.2 Å². The van der Waals surface area contributed by atoms with Crippen LogP contribution in [0.25, 0.3) is 0 Å². The standard InChI is InChI=1S/C35H47ClN2O12/c1-5-6-7-8-9-16-29(43)47-20-13-12-14-25(36)31(45)33-34(50-35(46)37-23(3)39)32-26(48-32)19-18-22(2)21-28(42)38(24(4)40)27(41)15-10-11-17-30(44)49-33/h10-12,14-15,17,21,25-26,31-34,45H,5-9,13,16,18-20H2,1-4H3,(H,37,39,46)/b14-12+,15-10+,17-11-,22-21-/t25-,26+,31+,32-,33+,34-/m1/s1. The third-order valence-corrected chi connectivity index (χ3v) is 7.99. The Labute approximate surface area is 296 Å². The van der Waals surface area contributed by atoms with Crippen molar-refractivity contribution in [2.45, 2.75) is 121 Å². The zero-order chi connectivity index (χ0) is 37.2. The minimum atomic E-state index is -1.68. The Morgan fingerprint density at radius 2 is 1.78 bits per heavy atom. The maximum Gasteiger partial charge on any atom is 0.414 e. The van der Waals surface area contributed by atoms with Crippen LogP contribution >= 0.6 is 11.6 Å². The van der Waals surface area contributed by atoms with Crippen molar-refractivity contribution < 1.29 is 57.6 Å². The molecule has 0 aromatic carbocycles. The molecule has 15 heteroatoms. The maximum atomic E-state index is 12.9. The number of allylic oxidation sites excluding steroid dienone is 3. The average Bonchev–Trinajstić information content (AvgIpc) is 3.81. The highest BCUT2D eigenvalue weighted by atomic mass is 35.5. The van der Waals surface area contributed by atoms with Crippen LogP contribution in [0.1, 0.15) is 85.5 Å². The van der Waals surface area contributed by atoms with Gasteiger partial charge >= 0.3 is 18.0 Å². The van der Waals surface area contributed by atoms with E-state index in [4.69, 9.17) is 30.5 Å². The van der Waals surface area contributed by atoms with E-state index in [1.54, 1.807) is 13.0 Å². The third-order valence-electron chi connectivity index (χ3n) is 7.59. The van der Waals surface area contributed by atoms with Crippen LogP contribution in [0.4, 0.5) is 4.79 Å². The van der Waals surface area contributed by atoms with E-state index in [0.717, 1.165) is 76.3 Å². The Balaban J connectivity index is 2.27. The lowest BCUT2D eigenvalue weighted by molar-refractivity contribution is -0.160. The topological polar surface area (TPSA) is 195 Å². The van der Waals surface area contributed by atoms with Crippen LogP contribution < -0.4 is 5.32 Å². The number of alkyl carbamates (subject to hydrolysis) is 1. The van der Waals surface area contributed by atoms with Crippen LogP contribution in [0.5, 0.6) is 0 Å². The molecule has 0 spiro atoms. The number of ether oxygens (including phenoxy) is 4. The first-order chi connectivity index (χ1) is 23.7. The van der Waals surface area contributed by atoms with Gasteiger partial charge in [0.2, 0.25) is 11.8 Å². The SMILES string of the molecule is CCCCCCCC(=O)OCC/C=C/[C@@H](Cl)[C@H](O)[C@@H]1OC(=O)/C=C\C=C\C(=O)N(C(C)=O)C(=O)/C=C(/C)CC[C@@H]2O[C@H]2[C@H]1OC(=O)NC(C)=O. The number of carbonyl (C=O) groups is 7. The van der Waals surface area contributed by atoms with E-state index in [2.05, 4.69) is 6.92 Å². The Morgan fingerprint density at radius 3 is 2.46 bits per heavy atom. The van der Waals surface area contributed by atoms with Crippen LogP contribution in [0.2, 0.25) is 0 Å². The summed E-state index contributed by atoms with van der Waals surface area (Å²) in [5.74, 6) is -4.68. The van der Waals surface area contributed by atoms with Crippen LogP contribution in [-0.2, 0) is 47.7 Å². The molecule has 14 nitrogen and oxygen atoms in total. The lowest BCUT2D eigenvalue weighted by Crippen LogP contribution is -2.51. The van der Waals surface area contributed by atoms with Crippen molar-refractivity contribution in [2.75, 3.05) is 6.61 Å². The molecule has 2 aliphatic rings. The molecular formula is C35H47ClN2O12. The number of nitrogens with one attached hydrogen (secondary N) is 1. The van der Waals surface area contributed by atoms with E-state index in [1.807, 2.05) is 5.32 Å². The van der Waals surface area contributed by atoms with Gasteiger partial charge in [-0.15, -0.1) is 11.6 Å². The number of carbonyl (C=O) groups excluding carboxylic acids is 7. The molecule has 5 amide bonds. The Kier molecular flexibility index (Phi) is 18.4. The minimum absolute atomic E-state index is 0.0847. The smallest absolute Gasteiger partial charge is 0.414 e. The summed E-state index contributed by atoms with van der Waals surface area (Å²) >= 11 is 6.51. The quantitative estimate of drug-likeness (QED) is 0.0531. The third kappa shape index (κ3) is 15.2. The summed E-state index contributed by atoms with van der Waals surface area (Å²) < 4.78 is 22.0. The van der Waals surface area contributed by atoms with Gasteiger partial charge < -0.3 is 24.1 Å². The fraction of sp³-hybridized carbons (Fsp3) is 0.571. The van der Waals surface area contributed by atoms with Crippen molar-refractivity contribution in [3.63, 3.8) is 0 Å². The minimum Gasteiger partial charge on any atom is -0.465 e. The zero-order valence-electron chi connectivity index (χ0n) is 28.8. The number of aliphatic hydroxyl groups is 1. The molecule has 0 radical (unpaired) electrons. The van der Waals surface area contributed by atoms with Crippen molar-refractivity contribution >= 4 is 53.3 Å². The Hall–Kier alpha value is -4.14. The molecule has 1 fully saturated rings. The molecule has 0 aromatic rings. The molecule has 2 N–H and O–H groups in total. The maximum absolute atomic E-state index is 12.9. The molecular weight excluding hydrogens is 676 g/mol. The molecule has 2 aliphatic heterocycles. The van der Waals surface area contributed by atoms with Crippen molar-refractivity contribution in [2.24, 2.45) is 0 Å². The summed E-state index contributed by atoms with van der Waals surface area (Å²) in [4.78, 5) is 86.8. The summed E-state index contributed by atoms with van der Waals surface area (Å²) in [6, 6.07) is 0. The van der Waals surface area contributed by atoms with E-state index < -0.39 is 71.6 Å². The van der Waals surface area contributed by atoms with E-state index in [1.165, 1.54) is 6.08 Å². The molecule has 0 saturated carbocycles. The Bertz CT molecular complexity index is 1360. The highest BCUT2D eigenvalue weighted by molar-refractivity contribution is 6.22. The number of rotatable bonds is 13. The molecule has 0 unspecified atom stereocenters. The number of hydrogen-bond acceptors (Lipinski definition) is 12. The summed E-state index contributed by atoms with van der Waals surface area (Å²) in [5.41, 5.74) is 0.509. The number of amides is 5. The zero-order valence-corrected chi connectivity index (χ0v) is 29.6. The lowest BCUT2D eigenvalue weighted by Gasteiger charge is -2.30. The number of alkyl halides is 1. The number of cyclic esters (lactones) is 1. The summed E-state index contributed by atoms with van der Waals surface area (Å²) in [6.07, 6.45) is 6.79. The molecule has 0 aromatic heterocycles. The normalized spacial score (nSPS) is 25.2. The van der Waals surface area contributed by atoms with Crippen LogP contribution in [-0.4, -0.2) is 94.2 Å². The number of aliphatic hydroxyl groups excluding tert-OH is 1. The molecule has 276 valence electrons. The summed E-state index contributed by atoms with van der Waals surface area (Å²) in [5, 5.41) is 12.1. The summed E-state index contributed by atoms with van der Waals surface area (Å²) in [6.45, 7) is 5.96. The number of esters is 2. The predicted molar refractivity (Wildman–Crippen MR) is 180 cm³/mol. The van der Waals surface area contributed by atoms with Crippen molar-refractivity contribution in [1.82, 2.24) is 10.2 Å². The number of hydrogen-bond donors (Lipinski definition) is 2. The monoisotopic (exact) mass is 722 g/mol. The number of halogens is 1. The van der Waals surface area contributed by atoms with Gasteiger partial charge in [0, 0.05) is 38.5 Å². The highest BCUT2D eigenvalue weighted by Gasteiger charge is 2.53. The van der Waals surface area contributed by atoms with Crippen LogP contribution in [0.15, 0.2) is 48.1 Å². The molecule has 0 bridgehead atoms. The summed E-state index contributed by atoms with van der Waals surface area (Å²) in [7, 11) is 0. The molecule has 6 atom stereocenters. The average molecular weight is 723 g/mol. The van der Waals surface area contributed by atoms with Crippen molar-refractivity contribution in [1.29, 1.82) is 0 Å². The second kappa shape index (κ2) is 21.8. The molecule has 50 heavy (non-hydrogen) atoms. The first-order valence-corrected chi connectivity index (χ1v) is 17.1. The van der Waals surface area contributed by atoms with Gasteiger partial charge in [-0.2, -0.15) is 0 Å². The van der Waals surface area contributed by atoms with Gasteiger partial charge in [0.25, 0.3) is 11.8 Å². The van der Waals surface area contributed by atoms with Gasteiger partial charge in [-0.1, -0.05) is 62.5 Å². The van der Waals surface area contributed by atoms with Gasteiger partial charge in [-0.3, -0.25) is 29.3 Å². The number of unbranched alkanes of at least 4 members (excludes halogenated alkanes) is 4. The number of imide groups is 4. The number of nitrogens with zero attached hydrogens (tertiary/aromatic N) is 1. The fourth-order valence-electron chi connectivity index (χ4n) is 4.99. The molecule has 1 saturated heterocycles. The highest BCUT2D eigenvalue weighted by Crippen LogP contribution is 2.36. The van der Waals surface area contributed by atoms with Crippen LogP contribution in [0.3, 0.4) is 0 Å². The number of fused-ring (bicyclic) bond motifs is 1. The first kappa shape index (κ1) is 42.0. The number of epoxide rings is 1. The van der Waals surface area contributed by atoms with E-state index in [-0.39, 0.29) is 31.8 Å². The van der Waals surface area contributed by atoms with Gasteiger partial charge in [-0.25, -0.2) is 14.5 Å². The molecule has 2 rings (SSSR count). The molecule has 2 heterocycles. The van der Waals surface area contributed by atoms with Gasteiger partial charge in [0.05, 0.1) is 18.1 Å². The predicted octanol–water partition coefficient (Wildman–Crippen LogP) is 3.88. The largest absolute Gasteiger partial charge is 0.465 e. The van der Waals surface area contributed by atoms with Gasteiger partial charge in [-0.05, 0) is 32.6 Å².